The minimum absolute atomic E-state index is 0.163. The predicted octanol–water partition coefficient (Wildman–Crippen LogP) is 4.55. The predicted molar refractivity (Wildman–Crippen MR) is 91.0 cm³/mol. The number of hydrogen-bond donors (Lipinski definition) is 1. The van der Waals surface area contributed by atoms with Crippen LogP contribution in [-0.2, 0) is 4.79 Å². The van der Waals surface area contributed by atoms with Gasteiger partial charge in [-0.15, -0.1) is 11.3 Å². The van der Waals surface area contributed by atoms with Gasteiger partial charge in [-0.3, -0.25) is 4.79 Å². The lowest BCUT2D eigenvalue weighted by Gasteiger charge is -2.17. The van der Waals surface area contributed by atoms with Crippen LogP contribution in [0.15, 0.2) is 23.2 Å². The number of nitrogens with one attached hydrogen (secondary N) is 1. The average Bonchev–Trinajstić information content (AvgIpc) is 3.04. The molecular weight excluding hydrogens is 318 g/mol. The summed E-state index contributed by atoms with van der Waals surface area (Å²) in [5, 5.41) is 4.77. The van der Waals surface area contributed by atoms with Gasteiger partial charge in [-0.05, 0) is 29.7 Å². The minimum atomic E-state index is -2.53. The summed E-state index contributed by atoms with van der Waals surface area (Å²) in [7, 11) is 1.70. The van der Waals surface area contributed by atoms with Crippen LogP contribution in [0.5, 0.6) is 0 Å². The summed E-state index contributed by atoms with van der Waals surface area (Å²) >= 11 is 1.60. The SMILES string of the molecule is CC(C)CC(C)c1sccc1NC(=O)C1=CN(C)CC1C(F)F. The molecule has 0 aliphatic carbocycles. The van der Waals surface area contributed by atoms with Gasteiger partial charge in [-0.1, -0.05) is 20.8 Å². The standard InChI is InChI=1S/C17H24F2N2OS/c1-10(2)7-11(3)15-14(5-6-23-15)20-17(22)13-9-21(4)8-12(13)16(18)19/h5-6,9-12,16H,7-8H2,1-4H3,(H,20,22). The zero-order valence-electron chi connectivity index (χ0n) is 14.0. The number of anilines is 1. The minimum Gasteiger partial charge on any atom is -0.379 e. The van der Waals surface area contributed by atoms with Crippen molar-refractivity contribution >= 4 is 22.9 Å². The van der Waals surface area contributed by atoms with Gasteiger partial charge >= 0.3 is 0 Å². The zero-order valence-corrected chi connectivity index (χ0v) is 14.8. The van der Waals surface area contributed by atoms with Crippen molar-refractivity contribution in [3.63, 3.8) is 0 Å². The van der Waals surface area contributed by atoms with Crippen LogP contribution in [0.25, 0.3) is 0 Å². The Kier molecular flexibility index (Phi) is 5.79. The molecule has 128 valence electrons. The quantitative estimate of drug-likeness (QED) is 0.823. The summed E-state index contributed by atoms with van der Waals surface area (Å²) in [6.45, 7) is 6.64. The van der Waals surface area contributed by atoms with E-state index in [2.05, 4.69) is 26.1 Å². The smallest absolute Gasteiger partial charge is 0.253 e. The molecule has 1 aliphatic heterocycles. The Bertz CT molecular complexity index is 583. The molecule has 0 spiro atoms. The van der Waals surface area contributed by atoms with Gasteiger partial charge in [0.2, 0.25) is 6.43 Å². The molecular formula is C17H24F2N2OS. The Balaban J connectivity index is 2.12. The Hall–Kier alpha value is -1.43. The van der Waals surface area contributed by atoms with E-state index in [9.17, 15) is 13.6 Å². The van der Waals surface area contributed by atoms with Gasteiger partial charge in [-0.25, -0.2) is 8.78 Å². The Morgan fingerprint density at radius 1 is 1.43 bits per heavy atom. The van der Waals surface area contributed by atoms with Crippen LogP contribution < -0.4 is 5.32 Å². The Morgan fingerprint density at radius 2 is 2.13 bits per heavy atom. The normalized spacial score (nSPS) is 19.4. The number of alkyl halides is 2. The fourth-order valence-corrected chi connectivity index (χ4v) is 3.98. The van der Waals surface area contributed by atoms with E-state index < -0.39 is 18.3 Å². The van der Waals surface area contributed by atoms with E-state index in [1.165, 1.54) is 6.20 Å². The molecule has 1 aromatic heterocycles. The molecule has 0 bridgehead atoms. The van der Waals surface area contributed by atoms with Gasteiger partial charge < -0.3 is 10.2 Å². The molecule has 0 saturated carbocycles. The number of thiophene rings is 1. The van der Waals surface area contributed by atoms with Crippen molar-refractivity contribution in [2.45, 2.75) is 39.5 Å². The molecule has 0 radical (unpaired) electrons. The molecule has 1 amide bonds. The summed E-state index contributed by atoms with van der Waals surface area (Å²) < 4.78 is 26.2. The van der Waals surface area contributed by atoms with Crippen molar-refractivity contribution in [1.29, 1.82) is 0 Å². The van der Waals surface area contributed by atoms with E-state index in [1.54, 1.807) is 23.3 Å². The molecule has 2 rings (SSSR count). The molecule has 1 aromatic rings. The van der Waals surface area contributed by atoms with E-state index in [1.807, 2.05) is 11.4 Å². The summed E-state index contributed by atoms with van der Waals surface area (Å²) in [5.74, 6) is -0.548. The number of nitrogens with zero attached hydrogens (tertiary/aromatic N) is 1. The molecule has 6 heteroatoms. The van der Waals surface area contributed by atoms with Crippen LogP contribution in [0.3, 0.4) is 0 Å². The number of amides is 1. The maximum Gasteiger partial charge on any atom is 0.253 e. The monoisotopic (exact) mass is 342 g/mol. The first-order valence-corrected chi connectivity index (χ1v) is 8.76. The number of rotatable bonds is 6. The molecule has 2 heterocycles. The van der Waals surface area contributed by atoms with Crippen molar-refractivity contribution in [3.05, 3.63) is 28.1 Å². The molecule has 23 heavy (non-hydrogen) atoms. The molecule has 3 nitrogen and oxygen atoms in total. The van der Waals surface area contributed by atoms with Gasteiger partial charge in [0.1, 0.15) is 0 Å². The molecule has 2 atom stereocenters. The topological polar surface area (TPSA) is 32.3 Å². The van der Waals surface area contributed by atoms with Crippen LogP contribution >= 0.6 is 11.3 Å². The zero-order chi connectivity index (χ0) is 17.1. The first-order valence-electron chi connectivity index (χ1n) is 7.88. The number of halogens is 2. The van der Waals surface area contributed by atoms with Gasteiger partial charge in [0.15, 0.2) is 0 Å². The maximum atomic E-state index is 13.1. The largest absolute Gasteiger partial charge is 0.379 e. The molecule has 0 fully saturated rings. The summed E-state index contributed by atoms with van der Waals surface area (Å²) in [6.07, 6.45) is 0.0169. The number of carbonyl (C=O) groups excluding carboxylic acids is 1. The lowest BCUT2D eigenvalue weighted by atomic mass is 9.96. The Labute approximate surface area is 140 Å². The van der Waals surface area contributed by atoms with Crippen molar-refractivity contribution in [3.8, 4) is 0 Å². The van der Waals surface area contributed by atoms with E-state index in [4.69, 9.17) is 0 Å². The highest BCUT2D eigenvalue weighted by Gasteiger charge is 2.34. The second kappa shape index (κ2) is 7.43. The second-order valence-electron chi connectivity index (χ2n) is 6.65. The number of hydrogen-bond acceptors (Lipinski definition) is 3. The lowest BCUT2D eigenvalue weighted by molar-refractivity contribution is -0.113. The number of carbonyl (C=O) groups is 1. The van der Waals surface area contributed by atoms with E-state index in [0.29, 0.717) is 11.8 Å². The summed E-state index contributed by atoms with van der Waals surface area (Å²) in [4.78, 5) is 15.2. The van der Waals surface area contributed by atoms with Crippen molar-refractivity contribution in [2.24, 2.45) is 11.8 Å². The van der Waals surface area contributed by atoms with E-state index in [0.717, 1.165) is 17.0 Å². The van der Waals surface area contributed by atoms with Crippen LogP contribution in [0.2, 0.25) is 0 Å². The van der Waals surface area contributed by atoms with Gasteiger partial charge in [-0.2, -0.15) is 0 Å². The van der Waals surface area contributed by atoms with Gasteiger partial charge in [0.05, 0.1) is 11.6 Å². The summed E-state index contributed by atoms with van der Waals surface area (Å²) in [6, 6.07) is 1.85. The van der Waals surface area contributed by atoms with Gasteiger partial charge in [0.25, 0.3) is 5.91 Å². The van der Waals surface area contributed by atoms with Crippen molar-refractivity contribution in [1.82, 2.24) is 4.90 Å². The molecule has 1 aliphatic rings. The maximum absolute atomic E-state index is 13.1. The van der Waals surface area contributed by atoms with Crippen molar-refractivity contribution in [2.75, 3.05) is 18.9 Å². The third-order valence-electron chi connectivity index (χ3n) is 4.03. The Morgan fingerprint density at radius 3 is 2.74 bits per heavy atom. The molecule has 0 saturated heterocycles. The first-order chi connectivity index (χ1) is 10.8. The van der Waals surface area contributed by atoms with Crippen LogP contribution in [-0.4, -0.2) is 30.8 Å². The van der Waals surface area contributed by atoms with Crippen LogP contribution in [0.1, 0.15) is 38.0 Å². The summed E-state index contributed by atoms with van der Waals surface area (Å²) in [5.41, 5.74) is 0.910. The average molecular weight is 342 g/mol. The second-order valence-corrected chi connectivity index (χ2v) is 7.60. The highest BCUT2D eigenvalue weighted by molar-refractivity contribution is 7.10. The third kappa shape index (κ3) is 4.31. The third-order valence-corrected chi connectivity index (χ3v) is 5.17. The molecule has 1 N–H and O–H groups in total. The highest BCUT2D eigenvalue weighted by Crippen LogP contribution is 2.35. The van der Waals surface area contributed by atoms with E-state index >= 15 is 0 Å². The highest BCUT2D eigenvalue weighted by atomic mass is 32.1. The van der Waals surface area contributed by atoms with E-state index in [-0.39, 0.29) is 12.1 Å². The first kappa shape index (κ1) is 17.9. The lowest BCUT2D eigenvalue weighted by Crippen LogP contribution is -2.25. The fourth-order valence-electron chi connectivity index (χ4n) is 3.05. The van der Waals surface area contributed by atoms with Crippen LogP contribution in [0, 0.1) is 11.8 Å². The fraction of sp³-hybridized carbons (Fsp3) is 0.588. The molecule has 0 aromatic carbocycles. The van der Waals surface area contributed by atoms with Gasteiger partial charge in [0, 0.05) is 30.2 Å². The van der Waals surface area contributed by atoms with Crippen LogP contribution in [0.4, 0.5) is 14.5 Å². The molecule has 2 unspecified atom stereocenters. The van der Waals surface area contributed by atoms with Crippen molar-refractivity contribution < 1.29 is 13.6 Å².